The summed E-state index contributed by atoms with van der Waals surface area (Å²) in [6.07, 6.45) is 0.224. The van der Waals surface area contributed by atoms with Gasteiger partial charge in [-0.1, -0.05) is 54.2 Å². The van der Waals surface area contributed by atoms with Gasteiger partial charge in [0.25, 0.3) is 0 Å². The molecule has 0 bridgehead atoms. The number of rotatable bonds is 5. The molecule has 0 aromatic heterocycles. The van der Waals surface area contributed by atoms with E-state index in [1.54, 1.807) is 12.1 Å². The Labute approximate surface area is 207 Å². The molecule has 8 nitrogen and oxygen atoms in total. The van der Waals surface area contributed by atoms with Crippen molar-refractivity contribution in [2.24, 2.45) is 16.8 Å². The van der Waals surface area contributed by atoms with Crippen LogP contribution in [0.2, 0.25) is 0 Å². The molecule has 178 valence electrons. The lowest BCUT2D eigenvalue weighted by molar-refractivity contribution is -0.157. The second kappa shape index (κ2) is 8.86. The van der Waals surface area contributed by atoms with E-state index in [2.05, 4.69) is 6.07 Å². The third-order valence-corrected chi connectivity index (χ3v) is 8.25. The maximum Gasteiger partial charge on any atom is 0.333 e. The SMILES string of the molecule is COC(=O)[C@@]1(Cc2ccccc2)[C@H]2C(=O)N(C)C(=O)[C@H]2[C@H]2CN=C(SCc3ccc(C#N)cc3)N21. The number of fused-ring (bicyclic) bond motifs is 3. The summed E-state index contributed by atoms with van der Waals surface area (Å²) in [7, 11) is 2.80. The summed E-state index contributed by atoms with van der Waals surface area (Å²) in [4.78, 5) is 48.0. The number of benzene rings is 2. The number of amides is 2. The maximum atomic E-state index is 13.6. The van der Waals surface area contributed by atoms with Gasteiger partial charge in [-0.3, -0.25) is 19.5 Å². The highest BCUT2D eigenvalue weighted by Crippen LogP contribution is 2.53. The molecule has 0 unspecified atom stereocenters. The van der Waals surface area contributed by atoms with Gasteiger partial charge in [0.15, 0.2) is 10.7 Å². The molecule has 2 aromatic carbocycles. The largest absolute Gasteiger partial charge is 0.467 e. The van der Waals surface area contributed by atoms with Crippen LogP contribution in [-0.2, 0) is 31.3 Å². The Hall–Kier alpha value is -3.64. The average Bonchev–Trinajstić information content (AvgIpc) is 3.50. The van der Waals surface area contributed by atoms with Gasteiger partial charge in [-0.2, -0.15) is 5.26 Å². The van der Waals surface area contributed by atoms with Gasteiger partial charge in [-0.15, -0.1) is 0 Å². The molecule has 4 atom stereocenters. The summed E-state index contributed by atoms with van der Waals surface area (Å²) < 4.78 is 5.32. The van der Waals surface area contributed by atoms with Gasteiger partial charge < -0.3 is 9.64 Å². The number of hydrogen-bond donors (Lipinski definition) is 0. The van der Waals surface area contributed by atoms with E-state index < -0.39 is 29.4 Å². The standard InChI is InChI=1S/C26H24N4O4S/c1-29-22(31)20-19-14-28-25(35-15-18-10-8-17(13-27)9-11-18)30(19)26(24(33)34-2,21(20)23(29)32)12-16-6-4-3-5-7-16/h3-11,19-21H,12,14-15H2,1-2H3/t19-,20+,21-,26-/m1/s1. The van der Waals surface area contributed by atoms with Gasteiger partial charge >= 0.3 is 5.97 Å². The molecule has 0 spiro atoms. The van der Waals surface area contributed by atoms with Crippen molar-refractivity contribution in [3.8, 4) is 6.07 Å². The number of likely N-dealkylation sites (tertiary alicyclic amines) is 1. The maximum absolute atomic E-state index is 13.6. The van der Waals surface area contributed by atoms with Crippen molar-refractivity contribution >= 4 is 34.7 Å². The highest BCUT2D eigenvalue weighted by atomic mass is 32.2. The number of hydrogen-bond acceptors (Lipinski definition) is 8. The zero-order valence-electron chi connectivity index (χ0n) is 19.4. The third kappa shape index (κ3) is 3.51. The first kappa shape index (κ1) is 23.1. The average molecular weight is 489 g/mol. The fourth-order valence-corrected chi connectivity index (χ4v) is 6.69. The van der Waals surface area contributed by atoms with Crippen LogP contribution in [0.25, 0.3) is 0 Å². The van der Waals surface area contributed by atoms with Crippen LogP contribution in [0.3, 0.4) is 0 Å². The van der Waals surface area contributed by atoms with Crippen LogP contribution in [-0.4, -0.2) is 65.0 Å². The first-order valence-corrected chi connectivity index (χ1v) is 12.3. The van der Waals surface area contributed by atoms with Crippen molar-refractivity contribution in [1.82, 2.24) is 9.80 Å². The van der Waals surface area contributed by atoms with Gasteiger partial charge in [0.1, 0.15) is 0 Å². The quantitative estimate of drug-likeness (QED) is 0.470. The lowest BCUT2D eigenvalue weighted by Crippen LogP contribution is -2.60. The van der Waals surface area contributed by atoms with Crippen LogP contribution in [0.4, 0.5) is 0 Å². The van der Waals surface area contributed by atoms with Gasteiger partial charge in [0.05, 0.1) is 43.2 Å². The van der Waals surface area contributed by atoms with Crippen LogP contribution in [0.15, 0.2) is 59.6 Å². The lowest BCUT2D eigenvalue weighted by Gasteiger charge is -2.40. The van der Waals surface area contributed by atoms with E-state index in [0.29, 0.717) is 23.0 Å². The van der Waals surface area contributed by atoms with Crippen molar-refractivity contribution in [1.29, 1.82) is 5.26 Å². The molecule has 3 aliphatic rings. The number of carbonyl (C=O) groups is 3. The zero-order chi connectivity index (χ0) is 24.7. The normalized spacial score (nSPS) is 26.9. The Balaban J connectivity index is 1.55. The third-order valence-electron chi connectivity index (χ3n) is 7.19. The molecule has 9 heteroatoms. The second-order valence-corrected chi connectivity index (χ2v) is 9.92. The van der Waals surface area contributed by atoms with Crippen molar-refractivity contribution < 1.29 is 19.1 Å². The molecule has 2 saturated heterocycles. The van der Waals surface area contributed by atoms with Crippen LogP contribution in [0.5, 0.6) is 0 Å². The summed E-state index contributed by atoms with van der Waals surface area (Å²) in [5.74, 6) is -2.11. The number of carbonyl (C=O) groups excluding carboxylic acids is 3. The number of thioether (sulfide) groups is 1. The Kier molecular flexibility index (Phi) is 5.85. The molecule has 3 aliphatic heterocycles. The Morgan fingerprint density at radius 1 is 1.14 bits per heavy atom. The summed E-state index contributed by atoms with van der Waals surface area (Å²) in [5, 5.41) is 9.67. The minimum absolute atomic E-state index is 0.224. The number of nitriles is 1. The summed E-state index contributed by atoms with van der Waals surface area (Å²) in [6.45, 7) is 0.331. The molecule has 0 N–H and O–H groups in total. The molecule has 0 aliphatic carbocycles. The summed E-state index contributed by atoms with van der Waals surface area (Å²) >= 11 is 1.46. The minimum atomic E-state index is -1.38. The topological polar surface area (TPSA) is 103 Å². The monoisotopic (exact) mass is 488 g/mol. The number of aliphatic imine (C=N–C) groups is 1. The molecule has 0 saturated carbocycles. The van der Waals surface area contributed by atoms with E-state index in [4.69, 9.17) is 15.0 Å². The Bertz CT molecular complexity index is 1260. The number of imide groups is 1. The van der Waals surface area contributed by atoms with E-state index in [1.165, 1.54) is 25.9 Å². The minimum Gasteiger partial charge on any atom is -0.467 e. The van der Waals surface area contributed by atoms with Crippen molar-refractivity contribution in [3.63, 3.8) is 0 Å². The number of nitrogens with zero attached hydrogens (tertiary/aromatic N) is 4. The Morgan fingerprint density at radius 3 is 2.51 bits per heavy atom. The van der Waals surface area contributed by atoms with Crippen molar-refractivity contribution in [2.75, 3.05) is 20.7 Å². The molecule has 2 fully saturated rings. The number of ether oxygens (including phenoxy) is 1. The van der Waals surface area contributed by atoms with E-state index in [-0.39, 0.29) is 18.2 Å². The fraction of sp³-hybridized carbons (Fsp3) is 0.346. The highest BCUT2D eigenvalue weighted by molar-refractivity contribution is 8.13. The van der Waals surface area contributed by atoms with E-state index in [1.807, 2.05) is 47.4 Å². The van der Waals surface area contributed by atoms with Gasteiger partial charge in [-0.05, 0) is 23.3 Å². The molecule has 35 heavy (non-hydrogen) atoms. The predicted molar refractivity (Wildman–Crippen MR) is 130 cm³/mol. The first-order valence-electron chi connectivity index (χ1n) is 11.3. The van der Waals surface area contributed by atoms with Gasteiger partial charge in [0, 0.05) is 19.2 Å². The van der Waals surface area contributed by atoms with Crippen molar-refractivity contribution in [2.45, 2.75) is 23.8 Å². The zero-order valence-corrected chi connectivity index (χ0v) is 20.2. The van der Waals surface area contributed by atoms with E-state index in [9.17, 15) is 14.4 Å². The second-order valence-electron chi connectivity index (χ2n) is 8.98. The molecule has 3 heterocycles. The number of methoxy groups -OCH3 is 1. The summed E-state index contributed by atoms with van der Waals surface area (Å²) in [6, 6.07) is 18.5. The fourth-order valence-electron chi connectivity index (χ4n) is 5.60. The molecular formula is C26H24N4O4S. The summed E-state index contributed by atoms with van der Waals surface area (Å²) in [5.41, 5.74) is 1.07. The van der Waals surface area contributed by atoms with Crippen LogP contribution in [0, 0.1) is 23.2 Å². The number of esters is 1. The van der Waals surface area contributed by atoms with Crippen LogP contribution in [0.1, 0.15) is 16.7 Å². The Morgan fingerprint density at radius 2 is 1.86 bits per heavy atom. The van der Waals surface area contributed by atoms with Crippen LogP contribution >= 0.6 is 11.8 Å². The molecule has 5 rings (SSSR count). The molecule has 0 radical (unpaired) electrons. The molecular weight excluding hydrogens is 464 g/mol. The van der Waals surface area contributed by atoms with Gasteiger partial charge in [0.2, 0.25) is 11.8 Å². The molecule has 2 aromatic rings. The smallest absolute Gasteiger partial charge is 0.333 e. The van der Waals surface area contributed by atoms with Gasteiger partial charge in [-0.25, -0.2) is 4.79 Å². The van der Waals surface area contributed by atoms with E-state index in [0.717, 1.165) is 16.0 Å². The van der Waals surface area contributed by atoms with Crippen molar-refractivity contribution in [3.05, 3.63) is 71.3 Å². The lowest BCUT2D eigenvalue weighted by atomic mass is 9.76. The highest BCUT2D eigenvalue weighted by Gasteiger charge is 2.73. The first-order chi connectivity index (χ1) is 16.9. The number of amidine groups is 1. The van der Waals surface area contributed by atoms with Crippen LogP contribution < -0.4 is 0 Å². The predicted octanol–water partition coefficient (Wildman–Crippen LogP) is 2.23. The molecule has 2 amide bonds. The van der Waals surface area contributed by atoms with E-state index >= 15 is 0 Å².